The molecule has 0 bridgehead atoms. The molecule has 1 fully saturated rings. The van der Waals surface area contributed by atoms with Gasteiger partial charge < -0.3 is 14.8 Å². The average molecular weight is 398 g/mol. The maximum absolute atomic E-state index is 12.3. The predicted molar refractivity (Wildman–Crippen MR) is 106 cm³/mol. The number of benzene rings is 2. The van der Waals surface area contributed by atoms with Crippen LogP contribution in [0.15, 0.2) is 42.5 Å². The fourth-order valence-corrected chi connectivity index (χ4v) is 3.50. The van der Waals surface area contributed by atoms with Crippen LogP contribution in [0.25, 0.3) is 0 Å². The Hall–Kier alpha value is -3.17. The van der Waals surface area contributed by atoms with Gasteiger partial charge in [-0.2, -0.15) is 0 Å². The Labute approximate surface area is 168 Å². The Morgan fingerprint density at radius 1 is 1.03 bits per heavy atom. The zero-order valence-corrected chi connectivity index (χ0v) is 15.9. The van der Waals surface area contributed by atoms with Crippen LogP contribution in [-0.2, 0) is 11.3 Å². The molecule has 0 unspecified atom stereocenters. The van der Waals surface area contributed by atoms with E-state index in [2.05, 4.69) is 15.1 Å². The standard InChI is InChI=1S/C20H22N4O5/c25-20(21-16-2-1-3-17(11-16)24(26)27)13-23-8-6-22(7-9-23)12-15-4-5-18-19(10-15)29-14-28-18/h1-5,10-11H,6-9,12-14H2,(H,21,25). The smallest absolute Gasteiger partial charge is 0.271 e. The van der Waals surface area contributed by atoms with Gasteiger partial charge in [0.05, 0.1) is 11.5 Å². The van der Waals surface area contributed by atoms with Crippen molar-refractivity contribution in [3.05, 3.63) is 58.1 Å². The number of anilines is 1. The number of nitro groups is 1. The number of nitrogens with one attached hydrogen (secondary N) is 1. The summed E-state index contributed by atoms with van der Waals surface area (Å²) in [4.78, 5) is 27.1. The van der Waals surface area contributed by atoms with Gasteiger partial charge in [0, 0.05) is 50.5 Å². The molecule has 2 aromatic rings. The van der Waals surface area contributed by atoms with Crippen LogP contribution < -0.4 is 14.8 Å². The highest BCUT2D eigenvalue weighted by molar-refractivity contribution is 5.92. The second-order valence-electron chi connectivity index (χ2n) is 7.10. The van der Waals surface area contributed by atoms with Crippen LogP contribution in [0.1, 0.15) is 5.56 Å². The van der Waals surface area contributed by atoms with Gasteiger partial charge in [-0.3, -0.25) is 24.7 Å². The molecule has 2 aliphatic rings. The summed E-state index contributed by atoms with van der Waals surface area (Å²) in [6.45, 7) is 4.65. The molecule has 0 aliphatic carbocycles. The largest absolute Gasteiger partial charge is 0.454 e. The summed E-state index contributed by atoms with van der Waals surface area (Å²) in [5, 5.41) is 13.6. The highest BCUT2D eigenvalue weighted by atomic mass is 16.7. The van der Waals surface area contributed by atoms with Crippen molar-refractivity contribution in [3.63, 3.8) is 0 Å². The molecule has 2 aliphatic heterocycles. The molecule has 2 aromatic carbocycles. The second kappa shape index (κ2) is 8.46. The van der Waals surface area contributed by atoms with Gasteiger partial charge in [0.2, 0.25) is 12.7 Å². The number of hydrogen-bond acceptors (Lipinski definition) is 7. The van der Waals surface area contributed by atoms with Crippen molar-refractivity contribution in [2.45, 2.75) is 6.54 Å². The second-order valence-corrected chi connectivity index (χ2v) is 7.10. The first-order valence-corrected chi connectivity index (χ1v) is 9.44. The number of fused-ring (bicyclic) bond motifs is 1. The minimum Gasteiger partial charge on any atom is -0.454 e. The fraction of sp³-hybridized carbons (Fsp3) is 0.350. The maximum Gasteiger partial charge on any atom is 0.271 e. The number of rotatable bonds is 6. The third-order valence-electron chi connectivity index (χ3n) is 5.02. The van der Waals surface area contributed by atoms with Gasteiger partial charge in [-0.05, 0) is 23.8 Å². The Balaban J connectivity index is 1.24. The van der Waals surface area contributed by atoms with E-state index >= 15 is 0 Å². The topological polar surface area (TPSA) is 97.2 Å². The van der Waals surface area contributed by atoms with Gasteiger partial charge in [0.1, 0.15) is 0 Å². The van der Waals surface area contributed by atoms with Crippen LogP contribution in [0.5, 0.6) is 11.5 Å². The van der Waals surface area contributed by atoms with Crippen molar-refractivity contribution in [1.82, 2.24) is 9.80 Å². The first kappa shape index (κ1) is 19.2. The van der Waals surface area contributed by atoms with Gasteiger partial charge in [-0.15, -0.1) is 0 Å². The Bertz CT molecular complexity index is 911. The van der Waals surface area contributed by atoms with Crippen molar-refractivity contribution >= 4 is 17.3 Å². The molecule has 0 saturated carbocycles. The molecular formula is C20H22N4O5. The van der Waals surface area contributed by atoms with Gasteiger partial charge in [0.25, 0.3) is 5.69 Å². The summed E-state index contributed by atoms with van der Waals surface area (Å²) in [7, 11) is 0. The van der Waals surface area contributed by atoms with Gasteiger partial charge in [0.15, 0.2) is 11.5 Å². The predicted octanol–water partition coefficient (Wildman–Crippen LogP) is 2.08. The quantitative estimate of drug-likeness (QED) is 0.588. The Kier molecular flexibility index (Phi) is 5.59. The number of non-ortho nitro benzene ring substituents is 1. The van der Waals surface area contributed by atoms with Crippen molar-refractivity contribution in [2.24, 2.45) is 0 Å². The number of ether oxygens (including phenoxy) is 2. The minimum absolute atomic E-state index is 0.0417. The fourth-order valence-electron chi connectivity index (χ4n) is 3.50. The number of nitro benzene ring substituents is 1. The van der Waals surface area contributed by atoms with E-state index in [0.717, 1.165) is 44.2 Å². The lowest BCUT2D eigenvalue weighted by atomic mass is 10.1. The summed E-state index contributed by atoms with van der Waals surface area (Å²) in [6.07, 6.45) is 0. The van der Waals surface area contributed by atoms with E-state index in [4.69, 9.17) is 9.47 Å². The van der Waals surface area contributed by atoms with Crippen LogP contribution in [0.2, 0.25) is 0 Å². The summed E-state index contributed by atoms with van der Waals surface area (Å²) in [5.41, 5.74) is 1.57. The highest BCUT2D eigenvalue weighted by Crippen LogP contribution is 2.32. The number of amides is 1. The first-order valence-electron chi connectivity index (χ1n) is 9.44. The lowest BCUT2D eigenvalue weighted by molar-refractivity contribution is -0.384. The Morgan fingerprint density at radius 2 is 1.79 bits per heavy atom. The van der Waals surface area contributed by atoms with E-state index in [1.54, 1.807) is 12.1 Å². The number of carbonyl (C=O) groups is 1. The summed E-state index contributed by atoms with van der Waals surface area (Å²) >= 11 is 0. The van der Waals surface area contributed by atoms with Crippen molar-refractivity contribution in [1.29, 1.82) is 0 Å². The van der Waals surface area contributed by atoms with Crippen LogP contribution in [-0.4, -0.2) is 60.1 Å². The molecule has 0 aromatic heterocycles. The number of hydrogen-bond donors (Lipinski definition) is 1. The molecule has 152 valence electrons. The third kappa shape index (κ3) is 4.82. The molecule has 0 radical (unpaired) electrons. The van der Waals surface area contributed by atoms with E-state index in [0.29, 0.717) is 5.69 Å². The van der Waals surface area contributed by atoms with Crippen molar-refractivity contribution in [2.75, 3.05) is 44.8 Å². The van der Waals surface area contributed by atoms with Crippen LogP contribution >= 0.6 is 0 Å². The first-order chi connectivity index (χ1) is 14.1. The molecule has 9 nitrogen and oxygen atoms in total. The molecule has 29 heavy (non-hydrogen) atoms. The molecule has 1 amide bonds. The molecule has 0 atom stereocenters. The SMILES string of the molecule is O=C(CN1CCN(Cc2ccc3c(c2)OCO3)CC1)Nc1cccc([N+](=O)[O-])c1. The van der Waals surface area contributed by atoms with Gasteiger partial charge in [-0.25, -0.2) is 0 Å². The molecular weight excluding hydrogens is 376 g/mol. The molecule has 9 heteroatoms. The van der Waals surface area contributed by atoms with Crippen molar-refractivity contribution in [3.8, 4) is 11.5 Å². The van der Waals surface area contributed by atoms with Gasteiger partial charge >= 0.3 is 0 Å². The summed E-state index contributed by atoms with van der Waals surface area (Å²) in [5.74, 6) is 1.40. The number of nitrogens with zero attached hydrogens (tertiary/aromatic N) is 3. The third-order valence-corrected chi connectivity index (χ3v) is 5.02. The van der Waals surface area contributed by atoms with Crippen LogP contribution in [0.3, 0.4) is 0 Å². The minimum atomic E-state index is -0.477. The van der Waals surface area contributed by atoms with Gasteiger partial charge in [-0.1, -0.05) is 12.1 Å². The number of carbonyl (C=O) groups excluding carboxylic acids is 1. The highest BCUT2D eigenvalue weighted by Gasteiger charge is 2.20. The maximum atomic E-state index is 12.3. The Morgan fingerprint density at radius 3 is 2.59 bits per heavy atom. The zero-order chi connectivity index (χ0) is 20.2. The van der Waals surface area contributed by atoms with E-state index in [9.17, 15) is 14.9 Å². The summed E-state index contributed by atoms with van der Waals surface area (Å²) in [6, 6.07) is 12.0. The molecule has 4 rings (SSSR count). The lowest BCUT2D eigenvalue weighted by Crippen LogP contribution is -2.48. The van der Waals surface area contributed by atoms with E-state index in [1.165, 1.54) is 17.7 Å². The average Bonchev–Trinajstić information content (AvgIpc) is 3.17. The van der Waals surface area contributed by atoms with Crippen LogP contribution in [0, 0.1) is 10.1 Å². The lowest BCUT2D eigenvalue weighted by Gasteiger charge is -2.34. The van der Waals surface area contributed by atoms with Crippen molar-refractivity contribution < 1.29 is 19.2 Å². The van der Waals surface area contributed by atoms with E-state index in [-0.39, 0.29) is 24.9 Å². The molecule has 2 heterocycles. The molecule has 1 N–H and O–H groups in total. The van der Waals surface area contributed by atoms with E-state index < -0.39 is 4.92 Å². The van der Waals surface area contributed by atoms with E-state index in [1.807, 2.05) is 18.2 Å². The number of piperazine rings is 1. The normalized spacial score (nSPS) is 16.6. The summed E-state index contributed by atoms with van der Waals surface area (Å²) < 4.78 is 10.8. The molecule has 0 spiro atoms. The monoisotopic (exact) mass is 398 g/mol. The molecule has 1 saturated heterocycles. The zero-order valence-electron chi connectivity index (χ0n) is 15.9. The van der Waals surface area contributed by atoms with Crippen LogP contribution in [0.4, 0.5) is 11.4 Å².